The van der Waals surface area contributed by atoms with E-state index in [1.165, 1.54) is 12.1 Å². The molecule has 0 radical (unpaired) electrons. The number of amides is 1. The van der Waals surface area contributed by atoms with Crippen molar-refractivity contribution in [2.75, 3.05) is 5.32 Å². The van der Waals surface area contributed by atoms with Gasteiger partial charge in [0.15, 0.2) is 0 Å². The van der Waals surface area contributed by atoms with Crippen LogP contribution in [0.5, 0.6) is 0 Å². The first-order valence-electron chi connectivity index (χ1n) is 6.59. The molecular weight excluding hydrogens is 280 g/mol. The minimum absolute atomic E-state index is 0.0367. The zero-order valence-corrected chi connectivity index (χ0v) is 11.3. The van der Waals surface area contributed by atoms with Crippen molar-refractivity contribution in [3.8, 4) is 0 Å². The highest BCUT2D eigenvalue weighted by Gasteiger charge is 2.29. The first-order valence-corrected chi connectivity index (χ1v) is 6.59. The molecule has 0 atom stereocenters. The number of aromatic nitrogens is 2. The molecule has 0 aliphatic heterocycles. The van der Waals surface area contributed by atoms with Gasteiger partial charge in [0.1, 0.15) is 5.82 Å². The Kier molecular flexibility index (Phi) is 3.19. The van der Waals surface area contributed by atoms with E-state index in [1.807, 2.05) is 0 Å². The summed E-state index contributed by atoms with van der Waals surface area (Å²) in [6.45, 7) is -1.26. The van der Waals surface area contributed by atoms with Crippen molar-refractivity contribution < 1.29 is 13.6 Å². The molecule has 110 valence electrons. The molecule has 1 N–H and O–H groups in total. The molecule has 3 rings (SSSR count). The van der Waals surface area contributed by atoms with Crippen LogP contribution < -0.4 is 10.9 Å². The molecule has 7 heteroatoms. The number of carbonyl (C=O) groups is 1. The monoisotopic (exact) mass is 293 g/mol. The Morgan fingerprint density at radius 3 is 2.81 bits per heavy atom. The second kappa shape index (κ2) is 4.91. The topological polar surface area (TPSA) is 64.0 Å². The highest BCUT2D eigenvalue weighted by atomic mass is 19.3. The van der Waals surface area contributed by atoms with Crippen LogP contribution in [0.15, 0.2) is 23.1 Å². The van der Waals surface area contributed by atoms with E-state index in [-0.39, 0.29) is 17.2 Å². The van der Waals surface area contributed by atoms with Gasteiger partial charge in [-0.25, -0.2) is 4.98 Å². The Labute approximate surface area is 118 Å². The van der Waals surface area contributed by atoms with Gasteiger partial charge >= 0.3 is 6.55 Å². The van der Waals surface area contributed by atoms with E-state index in [4.69, 9.17) is 0 Å². The third kappa shape index (κ3) is 2.51. The van der Waals surface area contributed by atoms with Crippen molar-refractivity contribution in [3.05, 3.63) is 34.2 Å². The Bertz CT molecular complexity index is 782. The van der Waals surface area contributed by atoms with Crippen LogP contribution in [0.25, 0.3) is 10.9 Å². The van der Waals surface area contributed by atoms with Gasteiger partial charge < -0.3 is 5.32 Å². The molecule has 1 aliphatic carbocycles. The second-order valence-corrected chi connectivity index (χ2v) is 5.15. The Morgan fingerprint density at radius 2 is 2.19 bits per heavy atom. The average molecular weight is 293 g/mol. The molecular formula is C14H13F2N3O2. The zero-order valence-electron chi connectivity index (χ0n) is 11.3. The molecule has 1 amide bonds. The summed E-state index contributed by atoms with van der Waals surface area (Å²) < 4.78 is 25.8. The molecule has 2 aromatic heterocycles. The summed E-state index contributed by atoms with van der Waals surface area (Å²) in [4.78, 5) is 27.9. The standard InChI is InChI=1S/C14H13F2N3O2/c1-7-6-10(18-12(20)8-2-3-8)17-9-4-5-19(14(15)16)13(21)11(7)9/h4-6,8,14H,2-3H2,1H3,(H,17,18,20). The van der Waals surface area contributed by atoms with Crippen LogP contribution in [0.4, 0.5) is 14.6 Å². The molecule has 5 nitrogen and oxygen atoms in total. The van der Waals surface area contributed by atoms with Crippen LogP contribution in [-0.4, -0.2) is 15.5 Å². The van der Waals surface area contributed by atoms with E-state index in [0.717, 1.165) is 19.0 Å². The number of nitrogens with one attached hydrogen (secondary N) is 1. The predicted molar refractivity (Wildman–Crippen MR) is 73.3 cm³/mol. The van der Waals surface area contributed by atoms with Crippen molar-refractivity contribution in [1.29, 1.82) is 0 Å². The maximum absolute atomic E-state index is 12.7. The lowest BCUT2D eigenvalue weighted by Crippen LogP contribution is -2.21. The SMILES string of the molecule is Cc1cc(NC(=O)C2CC2)nc2ccn(C(F)F)c(=O)c12. The number of pyridine rings is 2. The number of rotatable bonds is 3. The fraction of sp³-hybridized carbons (Fsp3) is 0.357. The number of fused-ring (bicyclic) bond motifs is 1. The molecule has 0 spiro atoms. The van der Waals surface area contributed by atoms with Gasteiger partial charge in [0, 0.05) is 12.1 Å². The van der Waals surface area contributed by atoms with E-state index >= 15 is 0 Å². The average Bonchev–Trinajstić information content (AvgIpc) is 3.22. The van der Waals surface area contributed by atoms with Gasteiger partial charge in [-0.05, 0) is 37.5 Å². The molecule has 1 saturated carbocycles. The lowest BCUT2D eigenvalue weighted by Gasteiger charge is -2.10. The maximum Gasteiger partial charge on any atom is 0.321 e. The number of hydrogen-bond acceptors (Lipinski definition) is 3. The van der Waals surface area contributed by atoms with E-state index in [0.29, 0.717) is 21.5 Å². The Hall–Kier alpha value is -2.31. The van der Waals surface area contributed by atoms with Crippen LogP contribution in [-0.2, 0) is 4.79 Å². The van der Waals surface area contributed by atoms with E-state index in [1.54, 1.807) is 6.92 Å². The summed E-state index contributed by atoms with van der Waals surface area (Å²) in [5, 5.41) is 2.83. The summed E-state index contributed by atoms with van der Waals surface area (Å²) in [6.07, 6.45) is 2.75. The van der Waals surface area contributed by atoms with E-state index in [9.17, 15) is 18.4 Å². The van der Waals surface area contributed by atoms with Gasteiger partial charge in [-0.3, -0.25) is 14.2 Å². The molecule has 1 fully saturated rings. The van der Waals surface area contributed by atoms with Gasteiger partial charge in [0.05, 0.1) is 10.9 Å². The van der Waals surface area contributed by atoms with Crippen molar-refractivity contribution in [3.63, 3.8) is 0 Å². The molecule has 21 heavy (non-hydrogen) atoms. The quantitative estimate of drug-likeness (QED) is 0.945. The summed E-state index contributed by atoms with van der Waals surface area (Å²) >= 11 is 0. The number of anilines is 1. The lowest BCUT2D eigenvalue weighted by molar-refractivity contribution is -0.117. The molecule has 2 heterocycles. The molecule has 0 saturated heterocycles. The molecule has 0 aromatic carbocycles. The van der Waals surface area contributed by atoms with Crippen LogP contribution in [0, 0.1) is 12.8 Å². The van der Waals surface area contributed by atoms with Gasteiger partial charge in [0.25, 0.3) is 5.56 Å². The highest BCUT2D eigenvalue weighted by Crippen LogP contribution is 2.30. The zero-order chi connectivity index (χ0) is 15.1. The van der Waals surface area contributed by atoms with E-state index in [2.05, 4.69) is 10.3 Å². The first-order chi connectivity index (χ1) is 9.97. The van der Waals surface area contributed by atoms with Crippen LogP contribution in [0.3, 0.4) is 0 Å². The predicted octanol–water partition coefficient (Wildman–Crippen LogP) is 2.45. The minimum Gasteiger partial charge on any atom is -0.310 e. The highest BCUT2D eigenvalue weighted by molar-refractivity contribution is 5.94. The maximum atomic E-state index is 12.7. The third-order valence-electron chi connectivity index (χ3n) is 3.50. The fourth-order valence-corrected chi connectivity index (χ4v) is 2.24. The van der Waals surface area contributed by atoms with Crippen molar-refractivity contribution in [1.82, 2.24) is 9.55 Å². The summed E-state index contributed by atoms with van der Waals surface area (Å²) in [7, 11) is 0. The van der Waals surface area contributed by atoms with Crippen molar-refractivity contribution in [2.24, 2.45) is 5.92 Å². The second-order valence-electron chi connectivity index (χ2n) is 5.15. The number of hydrogen-bond donors (Lipinski definition) is 1. The number of aryl methyl sites for hydroxylation is 1. The summed E-state index contributed by atoms with van der Waals surface area (Å²) in [5.41, 5.74) is 0.0154. The molecule has 0 unspecified atom stereocenters. The van der Waals surface area contributed by atoms with Crippen molar-refractivity contribution >= 4 is 22.6 Å². The molecule has 1 aliphatic rings. The number of alkyl halides is 2. The van der Waals surface area contributed by atoms with Crippen LogP contribution >= 0.6 is 0 Å². The number of nitrogens with zero attached hydrogens (tertiary/aromatic N) is 2. The Morgan fingerprint density at radius 1 is 1.48 bits per heavy atom. The lowest BCUT2D eigenvalue weighted by atomic mass is 10.1. The first kappa shape index (κ1) is 13.7. The number of carbonyl (C=O) groups excluding carboxylic acids is 1. The Balaban J connectivity index is 2.06. The van der Waals surface area contributed by atoms with Crippen LogP contribution in [0.1, 0.15) is 25.0 Å². The smallest absolute Gasteiger partial charge is 0.310 e. The van der Waals surface area contributed by atoms with Gasteiger partial charge in [-0.15, -0.1) is 0 Å². The minimum atomic E-state index is -2.89. The third-order valence-corrected chi connectivity index (χ3v) is 3.50. The molecule has 0 bridgehead atoms. The van der Waals surface area contributed by atoms with Gasteiger partial charge in [-0.2, -0.15) is 8.78 Å². The summed E-state index contributed by atoms with van der Waals surface area (Å²) in [6, 6.07) is 2.88. The fourth-order valence-electron chi connectivity index (χ4n) is 2.24. The number of halogens is 2. The molecule has 2 aromatic rings. The van der Waals surface area contributed by atoms with E-state index < -0.39 is 12.1 Å². The largest absolute Gasteiger partial charge is 0.321 e. The van der Waals surface area contributed by atoms with Crippen LogP contribution in [0.2, 0.25) is 0 Å². The van der Waals surface area contributed by atoms with Gasteiger partial charge in [0.2, 0.25) is 5.91 Å². The normalized spacial score (nSPS) is 14.7. The van der Waals surface area contributed by atoms with Crippen molar-refractivity contribution in [2.45, 2.75) is 26.3 Å². The van der Waals surface area contributed by atoms with Gasteiger partial charge in [-0.1, -0.05) is 0 Å². The summed E-state index contributed by atoms with van der Waals surface area (Å²) in [5.74, 6) is 0.280.